The molecule has 2 aromatic carbocycles. The molecule has 0 amide bonds. The summed E-state index contributed by atoms with van der Waals surface area (Å²) in [6, 6.07) is 10.4. The molecule has 3 rings (SSSR count). The van der Waals surface area contributed by atoms with Crippen molar-refractivity contribution in [3.05, 3.63) is 73.8 Å². The van der Waals surface area contributed by atoms with Gasteiger partial charge in [0.15, 0.2) is 11.3 Å². The number of rotatable bonds is 5. The van der Waals surface area contributed by atoms with Crippen LogP contribution in [0, 0.1) is 12.7 Å². The van der Waals surface area contributed by atoms with Crippen molar-refractivity contribution in [2.45, 2.75) is 20.0 Å². The highest BCUT2D eigenvalue weighted by Gasteiger charge is 2.19. The van der Waals surface area contributed by atoms with Gasteiger partial charge in [-0.3, -0.25) is 4.79 Å². The Morgan fingerprint density at radius 2 is 2.08 bits per heavy atom. The minimum atomic E-state index is -1.16. The molecule has 1 N–H and O–H groups in total. The van der Waals surface area contributed by atoms with E-state index in [1.807, 2.05) is 24.3 Å². The van der Waals surface area contributed by atoms with Crippen LogP contribution < -0.4 is 10.4 Å². The first-order valence-electron chi connectivity index (χ1n) is 7.70. The highest BCUT2D eigenvalue weighted by atomic mass is 79.9. The number of benzene rings is 2. The van der Waals surface area contributed by atoms with E-state index in [1.165, 1.54) is 6.07 Å². The number of hydrogen-bond donors (Lipinski definition) is 1. The summed E-state index contributed by atoms with van der Waals surface area (Å²) in [4.78, 5) is 22.9. The highest BCUT2D eigenvalue weighted by Crippen LogP contribution is 2.29. The number of carboxylic acid groups (broad SMARTS) is 1. The second kappa shape index (κ2) is 7.29. The maximum absolute atomic E-state index is 14.7. The lowest BCUT2D eigenvalue weighted by molar-refractivity contribution is -0.136. The molecule has 0 aliphatic carbocycles. The summed E-state index contributed by atoms with van der Waals surface area (Å²) in [6.45, 7) is 1.71. The standard InChI is InChI=1S/C19H14BrFO5/c1-10-13-5-6-15(25-9-11-3-2-4-12(20)7-11)17(21)18(13)26-19(24)14(10)8-16(22)23/h2-7H,8-9H2,1H3,(H,22,23). The fourth-order valence-corrected chi connectivity index (χ4v) is 3.10. The largest absolute Gasteiger partial charge is 0.486 e. The average molecular weight is 421 g/mol. The van der Waals surface area contributed by atoms with Crippen molar-refractivity contribution in [3.8, 4) is 5.75 Å². The van der Waals surface area contributed by atoms with Crippen LogP contribution >= 0.6 is 15.9 Å². The predicted octanol–water partition coefficient (Wildman–Crippen LogP) is 4.21. The zero-order chi connectivity index (χ0) is 18.8. The molecule has 0 bridgehead atoms. The fourth-order valence-electron chi connectivity index (χ4n) is 2.66. The Morgan fingerprint density at radius 1 is 1.31 bits per heavy atom. The van der Waals surface area contributed by atoms with Gasteiger partial charge in [-0.2, -0.15) is 4.39 Å². The summed E-state index contributed by atoms with van der Waals surface area (Å²) in [6.07, 6.45) is -0.479. The molecule has 3 aromatic rings. The van der Waals surface area contributed by atoms with Crippen LogP contribution in [0.15, 0.2) is 50.1 Å². The first-order valence-corrected chi connectivity index (χ1v) is 8.50. The van der Waals surface area contributed by atoms with Gasteiger partial charge >= 0.3 is 11.6 Å². The zero-order valence-electron chi connectivity index (χ0n) is 13.7. The number of carboxylic acids is 1. The molecule has 0 saturated carbocycles. The van der Waals surface area contributed by atoms with Crippen molar-refractivity contribution in [2.24, 2.45) is 0 Å². The van der Waals surface area contributed by atoms with Gasteiger partial charge in [-0.15, -0.1) is 0 Å². The Morgan fingerprint density at radius 3 is 2.77 bits per heavy atom. The van der Waals surface area contributed by atoms with Crippen LogP contribution in [0.2, 0.25) is 0 Å². The lowest BCUT2D eigenvalue weighted by Gasteiger charge is -2.11. The molecular formula is C19H14BrFO5. The third kappa shape index (κ3) is 3.62. The summed E-state index contributed by atoms with van der Waals surface area (Å²) in [5, 5.41) is 9.25. The molecule has 1 heterocycles. The second-order valence-electron chi connectivity index (χ2n) is 5.74. The maximum Gasteiger partial charge on any atom is 0.340 e. The molecule has 26 heavy (non-hydrogen) atoms. The Hall–Kier alpha value is -2.67. The maximum atomic E-state index is 14.7. The molecule has 5 nitrogen and oxygen atoms in total. The average Bonchev–Trinajstić information content (AvgIpc) is 2.58. The fraction of sp³-hybridized carbons (Fsp3) is 0.158. The highest BCUT2D eigenvalue weighted by molar-refractivity contribution is 9.10. The van der Waals surface area contributed by atoms with Crippen molar-refractivity contribution < 1.29 is 23.4 Å². The Kier molecular flexibility index (Phi) is 5.08. The van der Waals surface area contributed by atoms with Crippen LogP contribution in [0.4, 0.5) is 4.39 Å². The molecule has 0 fully saturated rings. The molecule has 0 saturated heterocycles. The van der Waals surface area contributed by atoms with Gasteiger partial charge in [-0.25, -0.2) is 4.79 Å². The summed E-state index contributed by atoms with van der Waals surface area (Å²) in [5.74, 6) is -2.00. The molecule has 7 heteroatoms. The normalized spacial score (nSPS) is 10.9. The number of ether oxygens (including phenoxy) is 1. The summed E-state index contributed by atoms with van der Waals surface area (Å²) in [7, 11) is 0. The minimum absolute atomic E-state index is 0.00667. The van der Waals surface area contributed by atoms with Gasteiger partial charge in [0.1, 0.15) is 6.61 Å². The zero-order valence-corrected chi connectivity index (χ0v) is 15.3. The van der Waals surface area contributed by atoms with Crippen LogP contribution in [-0.4, -0.2) is 11.1 Å². The number of fused-ring (bicyclic) bond motifs is 1. The van der Waals surface area contributed by atoms with Gasteiger partial charge in [-0.1, -0.05) is 28.1 Å². The third-order valence-electron chi connectivity index (χ3n) is 3.97. The van der Waals surface area contributed by atoms with E-state index in [4.69, 9.17) is 14.3 Å². The van der Waals surface area contributed by atoms with Crippen molar-refractivity contribution in [3.63, 3.8) is 0 Å². The van der Waals surface area contributed by atoms with Crippen LogP contribution in [0.3, 0.4) is 0 Å². The SMILES string of the molecule is Cc1c(CC(=O)O)c(=O)oc2c(F)c(OCc3cccc(Br)c3)ccc12. The van der Waals surface area contributed by atoms with E-state index < -0.39 is 23.8 Å². The van der Waals surface area contributed by atoms with E-state index in [0.717, 1.165) is 10.0 Å². The quantitative estimate of drug-likeness (QED) is 0.625. The topological polar surface area (TPSA) is 76.7 Å². The van der Waals surface area contributed by atoms with Gasteiger partial charge in [-0.05, 0) is 42.3 Å². The van der Waals surface area contributed by atoms with E-state index in [0.29, 0.717) is 10.9 Å². The van der Waals surface area contributed by atoms with Gasteiger partial charge < -0.3 is 14.3 Å². The van der Waals surface area contributed by atoms with Crippen molar-refractivity contribution in [2.75, 3.05) is 0 Å². The summed E-state index contributed by atoms with van der Waals surface area (Å²) in [5.41, 5.74) is 0.130. The smallest absolute Gasteiger partial charge is 0.340 e. The molecule has 1 aromatic heterocycles. The number of aliphatic carboxylic acids is 1. The molecule has 0 aliphatic heterocycles. The molecule has 0 radical (unpaired) electrons. The van der Waals surface area contributed by atoms with E-state index in [1.54, 1.807) is 13.0 Å². The third-order valence-corrected chi connectivity index (χ3v) is 4.46. The van der Waals surface area contributed by atoms with E-state index in [9.17, 15) is 14.0 Å². The predicted molar refractivity (Wildman–Crippen MR) is 97.0 cm³/mol. The molecule has 0 unspecified atom stereocenters. The first-order chi connectivity index (χ1) is 12.4. The van der Waals surface area contributed by atoms with Crippen LogP contribution in [-0.2, 0) is 17.8 Å². The monoisotopic (exact) mass is 420 g/mol. The number of carbonyl (C=O) groups is 1. The molecule has 0 spiro atoms. The first kappa shape index (κ1) is 18.1. The second-order valence-corrected chi connectivity index (χ2v) is 6.65. The van der Waals surface area contributed by atoms with Gasteiger partial charge in [0.2, 0.25) is 5.82 Å². The Balaban J connectivity index is 1.98. The number of halogens is 2. The summed E-state index contributed by atoms with van der Waals surface area (Å²) >= 11 is 3.35. The van der Waals surface area contributed by atoms with E-state index in [2.05, 4.69) is 15.9 Å². The van der Waals surface area contributed by atoms with Gasteiger partial charge in [0.05, 0.1) is 12.0 Å². The number of aryl methyl sites for hydroxylation is 1. The van der Waals surface area contributed by atoms with Crippen LogP contribution in [0.5, 0.6) is 5.75 Å². The molecule has 0 atom stereocenters. The number of hydrogen-bond acceptors (Lipinski definition) is 4. The van der Waals surface area contributed by atoms with Crippen molar-refractivity contribution in [1.82, 2.24) is 0 Å². The molecular weight excluding hydrogens is 407 g/mol. The lowest BCUT2D eigenvalue weighted by atomic mass is 10.0. The van der Waals surface area contributed by atoms with Crippen molar-refractivity contribution >= 4 is 32.9 Å². The van der Waals surface area contributed by atoms with Gasteiger partial charge in [0, 0.05) is 9.86 Å². The Bertz CT molecular complexity index is 1060. The minimum Gasteiger partial charge on any atom is -0.486 e. The van der Waals surface area contributed by atoms with Gasteiger partial charge in [0.25, 0.3) is 0 Å². The molecule has 0 aliphatic rings. The lowest BCUT2D eigenvalue weighted by Crippen LogP contribution is -2.15. The van der Waals surface area contributed by atoms with Crippen LogP contribution in [0.25, 0.3) is 11.0 Å². The summed E-state index contributed by atoms with van der Waals surface area (Å²) < 4.78 is 26.1. The van der Waals surface area contributed by atoms with Crippen molar-refractivity contribution in [1.29, 1.82) is 0 Å². The Labute approximate surface area is 156 Å². The van der Waals surface area contributed by atoms with E-state index >= 15 is 0 Å². The van der Waals surface area contributed by atoms with E-state index in [-0.39, 0.29) is 23.5 Å². The van der Waals surface area contributed by atoms with Crippen LogP contribution in [0.1, 0.15) is 16.7 Å². The molecule has 134 valence electrons.